The molecule has 70 valence electrons. The van der Waals surface area contributed by atoms with E-state index >= 15 is 0 Å². The van der Waals surface area contributed by atoms with Gasteiger partial charge in [0.1, 0.15) is 6.17 Å². The number of hydrogen-bond donors (Lipinski definition) is 0. The topological polar surface area (TPSA) is 3.24 Å². The third kappa shape index (κ3) is 1.82. The van der Waals surface area contributed by atoms with Crippen LogP contribution in [0, 0.1) is 6.92 Å². The second-order valence-electron chi connectivity index (χ2n) is 3.67. The minimum absolute atomic E-state index is 0.559. The first-order chi connectivity index (χ1) is 6.25. The largest absolute Gasteiger partial charge is 0.369 e. The molecule has 0 N–H and O–H groups in total. The molecule has 1 unspecified atom stereocenters. The minimum Gasteiger partial charge on any atom is -0.369 e. The molecule has 1 saturated heterocycles. The number of alkyl halides is 1. The number of halogens is 1. The first-order valence-corrected chi connectivity index (χ1v) is 4.71. The van der Waals surface area contributed by atoms with Crippen molar-refractivity contribution in [1.82, 2.24) is 0 Å². The summed E-state index contributed by atoms with van der Waals surface area (Å²) < 4.78 is 12.9. The molecule has 0 aliphatic carbocycles. The van der Waals surface area contributed by atoms with Gasteiger partial charge in [-0.2, -0.15) is 0 Å². The highest BCUT2D eigenvalue weighted by atomic mass is 19.1. The van der Waals surface area contributed by atoms with Crippen LogP contribution < -0.4 is 4.90 Å². The smallest absolute Gasteiger partial charge is 0.119 e. The van der Waals surface area contributed by atoms with Gasteiger partial charge in [0.15, 0.2) is 0 Å². The van der Waals surface area contributed by atoms with E-state index in [4.69, 9.17) is 0 Å². The molecule has 1 aromatic rings. The third-order valence-electron chi connectivity index (χ3n) is 2.50. The van der Waals surface area contributed by atoms with Crippen LogP contribution in [0.3, 0.4) is 0 Å². The van der Waals surface area contributed by atoms with Crippen molar-refractivity contribution in [2.24, 2.45) is 0 Å². The summed E-state index contributed by atoms with van der Waals surface area (Å²) in [6.45, 7) is 3.47. The summed E-state index contributed by atoms with van der Waals surface area (Å²) in [7, 11) is 0. The second-order valence-corrected chi connectivity index (χ2v) is 3.67. The van der Waals surface area contributed by atoms with Crippen LogP contribution in [0.1, 0.15) is 12.0 Å². The van der Waals surface area contributed by atoms with Crippen molar-refractivity contribution in [3.8, 4) is 0 Å². The fraction of sp³-hybridized carbons (Fsp3) is 0.455. The van der Waals surface area contributed by atoms with Crippen molar-refractivity contribution < 1.29 is 4.39 Å². The number of anilines is 1. The average Bonchev–Trinajstić information content (AvgIpc) is 2.52. The first-order valence-electron chi connectivity index (χ1n) is 4.71. The van der Waals surface area contributed by atoms with Crippen molar-refractivity contribution in [1.29, 1.82) is 0 Å². The zero-order valence-corrected chi connectivity index (χ0v) is 7.83. The number of hydrogen-bond acceptors (Lipinski definition) is 1. The van der Waals surface area contributed by atoms with Crippen LogP contribution in [0.4, 0.5) is 10.1 Å². The van der Waals surface area contributed by atoms with Crippen LogP contribution in [0.5, 0.6) is 0 Å². The molecular formula is C11H14FN. The van der Waals surface area contributed by atoms with Crippen molar-refractivity contribution in [2.45, 2.75) is 19.5 Å². The van der Waals surface area contributed by atoms with Crippen molar-refractivity contribution in [2.75, 3.05) is 18.0 Å². The SMILES string of the molecule is Cc1cccc(N2CCC(F)C2)c1. The van der Waals surface area contributed by atoms with Crippen LogP contribution in [-0.4, -0.2) is 19.3 Å². The molecule has 1 fully saturated rings. The predicted molar refractivity (Wildman–Crippen MR) is 52.9 cm³/mol. The molecule has 2 heteroatoms. The van der Waals surface area contributed by atoms with Crippen LogP contribution in [0.2, 0.25) is 0 Å². The Morgan fingerprint density at radius 2 is 2.31 bits per heavy atom. The standard InChI is InChI=1S/C11H14FN/c1-9-3-2-4-11(7-9)13-6-5-10(12)8-13/h2-4,7,10H,5-6,8H2,1H3. The zero-order valence-electron chi connectivity index (χ0n) is 7.83. The van der Waals surface area contributed by atoms with E-state index in [1.165, 1.54) is 5.56 Å². The summed E-state index contributed by atoms with van der Waals surface area (Å²) in [6.07, 6.45) is 0.0361. The molecule has 0 saturated carbocycles. The van der Waals surface area contributed by atoms with Gasteiger partial charge in [0.2, 0.25) is 0 Å². The van der Waals surface area contributed by atoms with Gasteiger partial charge in [-0.15, -0.1) is 0 Å². The highest BCUT2D eigenvalue weighted by Gasteiger charge is 2.21. The zero-order chi connectivity index (χ0) is 9.26. The molecule has 1 nitrogen and oxygen atoms in total. The average molecular weight is 179 g/mol. The van der Waals surface area contributed by atoms with Crippen LogP contribution in [0.15, 0.2) is 24.3 Å². The Labute approximate surface area is 78.2 Å². The maximum Gasteiger partial charge on any atom is 0.119 e. The van der Waals surface area contributed by atoms with Gasteiger partial charge in [0, 0.05) is 18.8 Å². The minimum atomic E-state index is -0.638. The Kier molecular flexibility index (Phi) is 2.21. The van der Waals surface area contributed by atoms with Gasteiger partial charge >= 0.3 is 0 Å². The molecule has 1 atom stereocenters. The van der Waals surface area contributed by atoms with Gasteiger partial charge in [-0.1, -0.05) is 12.1 Å². The number of aryl methyl sites for hydroxylation is 1. The third-order valence-corrected chi connectivity index (χ3v) is 2.50. The molecule has 0 aromatic heterocycles. The fourth-order valence-corrected chi connectivity index (χ4v) is 1.78. The molecule has 1 aliphatic rings. The molecule has 0 radical (unpaired) electrons. The maximum absolute atomic E-state index is 12.9. The Morgan fingerprint density at radius 1 is 1.46 bits per heavy atom. The molecule has 0 amide bonds. The summed E-state index contributed by atoms with van der Waals surface area (Å²) >= 11 is 0. The summed E-state index contributed by atoms with van der Waals surface area (Å²) in [5.41, 5.74) is 2.39. The normalized spacial score (nSPS) is 22.3. The summed E-state index contributed by atoms with van der Waals surface area (Å²) in [6, 6.07) is 8.24. The lowest BCUT2D eigenvalue weighted by Crippen LogP contribution is -2.19. The number of rotatable bonds is 1. The summed E-state index contributed by atoms with van der Waals surface area (Å²) in [5.74, 6) is 0. The van der Waals surface area contributed by atoms with E-state index in [-0.39, 0.29) is 0 Å². The molecule has 0 bridgehead atoms. The number of nitrogens with zero attached hydrogens (tertiary/aromatic N) is 1. The lowest BCUT2D eigenvalue weighted by atomic mass is 10.2. The van der Waals surface area contributed by atoms with Gasteiger partial charge in [-0.05, 0) is 31.0 Å². The summed E-state index contributed by atoms with van der Waals surface area (Å²) in [5, 5.41) is 0. The summed E-state index contributed by atoms with van der Waals surface area (Å²) in [4.78, 5) is 2.11. The van der Waals surface area contributed by atoms with Crippen LogP contribution in [-0.2, 0) is 0 Å². The molecule has 13 heavy (non-hydrogen) atoms. The fourth-order valence-electron chi connectivity index (χ4n) is 1.78. The Bertz CT molecular complexity index is 298. The van der Waals surface area contributed by atoms with E-state index in [1.54, 1.807) is 0 Å². The monoisotopic (exact) mass is 179 g/mol. The molecule has 1 aliphatic heterocycles. The van der Waals surface area contributed by atoms with Gasteiger partial charge in [0.25, 0.3) is 0 Å². The highest BCUT2D eigenvalue weighted by molar-refractivity contribution is 5.49. The van der Waals surface area contributed by atoms with E-state index in [0.29, 0.717) is 13.0 Å². The van der Waals surface area contributed by atoms with Gasteiger partial charge < -0.3 is 4.90 Å². The van der Waals surface area contributed by atoms with Crippen LogP contribution >= 0.6 is 0 Å². The lowest BCUT2D eigenvalue weighted by molar-refractivity contribution is 0.364. The van der Waals surface area contributed by atoms with Gasteiger partial charge in [0.05, 0.1) is 0 Å². The molecule has 0 spiro atoms. The molecule has 1 heterocycles. The maximum atomic E-state index is 12.9. The molecular weight excluding hydrogens is 165 g/mol. The number of benzene rings is 1. The lowest BCUT2D eigenvalue weighted by Gasteiger charge is -2.17. The quantitative estimate of drug-likeness (QED) is 0.640. The van der Waals surface area contributed by atoms with E-state index < -0.39 is 6.17 Å². The Hall–Kier alpha value is -1.05. The second kappa shape index (κ2) is 3.36. The molecule has 2 rings (SSSR count). The van der Waals surface area contributed by atoms with Gasteiger partial charge in [-0.25, -0.2) is 4.39 Å². The van der Waals surface area contributed by atoms with E-state index in [2.05, 4.69) is 24.0 Å². The highest BCUT2D eigenvalue weighted by Crippen LogP contribution is 2.22. The van der Waals surface area contributed by atoms with E-state index in [0.717, 1.165) is 12.2 Å². The van der Waals surface area contributed by atoms with Gasteiger partial charge in [-0.3, -0.25) is 0 Å². The Balaban J connectivity index is 2.16. The van der Waals surface area contributed by atoms with Crippen molar-refractivity contribution in [3.63, 3.8) is 0 Å². The molecule has 1 aromatic carbocycles. The Morgan fingerprint density at radius 3 is 2.92 bits per heavy atom. The predicted octanol–water partition coefficient (Wildman–Crippen LogP) is 2.54. The van der Waals surface area contributed by atoms with E-state index in [1.807, 2.05) is 12.1 Å². The first kappa shape index (κ1) is 8.54. The van der Waals surface area contributed by atoms with Crippen LogP contribution in [0.25, 0.3) is 0 Å². The van der Waals surface area contributed by atoms with Crippen molar-refractivity contribution in [3.05, 3.63) is 29.8 Å². The van der Waals surface area contributed by atoms with E-state index in [9.17, 15) is 4.39 Å². The van der Waals surface area contributed by atoms with Crippen molar-refractivity contribution >= 4 is 5.69 Å².